The second kappa shape index (κ2) is 4.45. The first kappa shape index (κ1) is 12.5. The van der Waals surface area contributed by atoms with Gasteiger partial charge in [0.1, 0.15) is 0 Å². The molecule has 0 saturated carbocycles. The van der Waals surface area contributed by atoms with Crippen molar-refractivity contribution >= 4 is 64.7 Å². The fourth-order valence-corrected chi connectivity index (χ4v) is 4.79. The average Bonchev–Trinajstić information content (AvgIpc) is 2.94. The van der Waals surface area contributed by atoms with Crippen LogP contribution >= 0.6 is 22.9 Å². The number of thiophene rings is 1. The molecule has 0 fully saturated rings. The average molecular weight is 319 g/mol. The Morgan fingerprint density at radius 1 is 0.636 bits per heavy atom. The maximum Gasteiger partial charge on any atom is 0.0440 e. The Bertz CT molecular complexity index is 1180. The summed E-state index contributed by atoms with van der Waals surface area (Å²) in [5.74, 6) is 0. The van der Waals surface area contributed by atoms with Gasteiger partial charge in [0, 0.05) is 30.6 Å². The smallest absolute Gasteiger partial charge is 0.0440 e. The summed E-state index contributed by atoms with van der Waals surface area (Å²) in [6, 6.07) is 23.5. The summed E-state index contributed by atoms with van der Waals surface area (Å²) in [7, 11) is 0. The van der Waals surface area contributed by atoms with Crippen molar-refractivity contribution in [3.8, 4) is 0 Å². The molecule has 0 amide bonds. The number of rotatable bonds is 0. The molecule has 0 aliphatic heterocycles. The van der Waals surface area contributed by atoms with Gasteiger partial charge >= 0.3 is 0 Å². The largest absolute Gasteiger partial charge is 0.135 e. The minimum Gasteiger partial charge on any atom is -0.135 e. The van der Waals surface area contributed by atoms with E-state index in [0.717, 1.165) is 5.02 Å². The van der Waals surface area contributed by atoms with Crippen LogP contribution in [0.4, 0.5) is 0 Å². The summed E-state index contributed by atoms with van der Waals surface area (Å²) in [6.45, 7) is 0. The van der Waals surface area contributed by atoms with Crippen molar-refractivity contribution in [1.82, 2.24) is 0 Å². The fraction of sp³-hybridized carbons (Fsp3) is 0. The van der Waals surface area contributed by atoms with E-state index in [9.17, 15) is 0 Å². The topological polar surface area (TPSA) is 0 Å². The highest BCUT2D eigenvalue weighted by molar-refractivity contribution is 7.27. The van der Waals surface area contributed by atoms with Gasteiger partial charge in [-0.15, -0.1) is 11.3 Å². The summed E-state index contributed by atoms with van der Waals surface area (Å²) >= 11 is 8.11. The molecule has 1 aromatic heterocycles. The highest BCUT2D eigenvalue weighted by Crippen LogP contribution is 2.44. The quantitative estimate of drug-likeness (QED) is 0.269. The van der Waals surface area contributed by atoms with Crippen LogP contribution in [0.25, 0.3) is 41.7 Å². The Kier molecular flexibility index (Phi) is 2.52. The van der Waals surface area contributed by atoms with E-state index in [-0.39, 0.29) is 0 Å². The van der Waals surface area contributed by atoms with Crippen molar-refractivity contribution in [3.05, 3.63) is 71.8 Å². The number of benzene rings is 4. The van der Waals surface area contributed by atoms with Gasteiger partial charge in [-0.25, -0.2) is 0 Å². The lowest BCUT2D eigenvalue weighted by molar-refractivity contribution is 1.81. The van der Waals surface area contributed by atoms with Gasteiger partial charge < -0.3 is 0 Å². The lowest BCUT2D eigenvalue weighted by Gasteiger charge is -2.07. The molecule has 5 rings (SSSR count). The minimum absolute atomic E-state index is 0.796. The van der Waals surface area contributed by atoms with Gasteiger partial charge in [-0.2, -0.15) is 0 Å². The molecule has 0 aliphatic rings. The van der Waals surface area contributed by atoms with Crippen molar-refractivity contribution in [2.75, 3.05) is 0 Å². The maximum atomic E-state index is 6.25. The molecule has 0 bridgehead atoms. The zero-order valence-electron chi connectivity index (χ0n) is 11.6. The summed E-state index contributed by atoms with van der Waals surface area (Å²) in [4.78, 5) is 0. The van der Waals surface area contributed by atoms with Crippen LogP contribution in [0.5, 0.6) is 0 Å². The van der Waals surface area contributed by atoms with E-state index in [2.05, 4.69) is 60.7 Å². The molecule has 0 atom stereocenters. The lowest BCUT2D eigenvalue weighted by atomic mass is 9.97. The third kappa shape index (κ3) is 1.58. The van der Waals surface area contributed by atoms with Gasteiger partial charge in [0.05, 0.1) is 0 Å². The van der Waals surface area contributed by atoms with Gasteiger partial charge in [-0.05, 0) is 34.4 Å². The number of fused-ring (bicyclic) bond motifs is 8. The van der Waals surface area contributed by atoms with Crippen LogP contribution in [0, 0.1) is 0 Å². The van der Waals surface area contributed by atoms with Gasteiger partial charge in [-0.1, -0.05) is 60.1 Å². The first-order valence-electron chi connectivity index (χ1n) is 7.24. The molecule has 0 radical (unpaired) electrons. The minimum atomic E-state index is 0.796. The highest BCUT2D eigenvalue weighted by atomic mass is 35.5. The fourth-order valence-electron chi connectivity index (χ4n) is 3.38. The second-order valence-electron chi connectivity index (χ2n) is 5.54. The lowest BCUT2D eigenvalue weighted by Crippen LogP contribution is -1.79. The molecular formula is C20H11ClS. The molecule has 1 heterocycles. The van der Waals surface area contributed by atoms with E-state index in [1.165, 1.54) is 41.7 Å². The van der Waals surface area contributed by atoms with Crippen molar-refractivity contribution in [2.24, 2.45) is 0 Å². The van der Waals surface area contributed by atoms with Gasteiger partial charge in [0.2, 0.25) is 0 Å². The van der Waals surface area contributed by atoms with Crippen LogP contribution in [0.3, 0.4) is 0 Å². The highest BCUT2D eigenvalue weighted by Gasteiger charge is 2.13. The summed E-state index contributed by atoms with van der Waals surface area (Å²) in [5.41, 5.74) is 0. The molecule has 22 heavy (non-hydrogen) atoms. The van der Waals surface area contributed by atoms with Crippen LogP contribution in [0.1, 0.15) is 0 Å². The summed E-state index contributed by atoms with van der Waals surface area (Å²) in [5, 5.41) is 8.66. The summed E-state index contributed by atoms with van der Waals surface area (Å²) < 4.78 is 2.65. The van der Waals surface area contributed by atoms with E-state index in [1.807, 2.05) is 17.4 Å². The molecule has 5 aromatic rings. The van der Waals surface area contributed by atoms with E-state index in [0.29, 0.717) is 0 Å². The molecule has 0 N–H and O–H groups in total. The van der Waals surface area contributed by atoms with Crippen LogP contribution in [0.2, 0.25) is 5.02 Å². The molecule has 0 spiro atoms. The van der Waals surface area contributed by atoms with Gasteiger partial charge in [-0.3, -0.25) is 0 Å². The number of hydrogen-bond acceptors (Lipinski definition) is 1. The monoisotopic (exact) mass is 318 g/mol. The predicted molar refractivity (Wildman–Crippen MR) is 99.4 cm³/mol. The Hall–Kier alpha value is -2.09. The first-order valence-corrected chi connectivity index (χ1v) is 8.43. The van der Waals surface area contributed by atoms with Crippen molar-refractivity contribution in [2.45, 2.75) is 0 Å². The normalized spacial score (nSPS) is 11.9. The number of hydrogen-bond donors (Lipinski definition) is 0. The van der Waals surface area contributed by atoms with Crippen molar-refractivity contribution in [3.63, 3.8) is 0 Å². The zero-order chi connectivity index (χ0) is 14.7. The van der Waals surface area contributed by atoms with E-state index < -0.39 is 0 Å². The van der Waals surface area contributed by atoms with E-state index in [1.54, 1.807) is 0 Å². The Morgan fingerprint density at radius 2 is 1.27 bits per heavy atom. The first-order chi connectivity index (χ1) is 10.8. The van der Waals surface area contributed by atoms with E-state index in [4.69, 9.17) is 11.6 Å². The number of halogens is 1. The molecule has 0 saturated heterocycles. The Balaban J connectivity index is 2.22. The molecule has 2 heteroatoms. The van der Waals surface area contributed by atoms with Crippen LogP contribution in [-0.4, -0.2) is 0 Å². The van der Waals surface area contributed by atoms with Crippen LogP contribution in [-0.2, 0) is 0 Å². The Morgan fingerprint density at radius 3 is 2.05 bits per heavy atom. The van der Waals surface area contributed by atoms with Gasteiger partial charge in [0.15, 0.2) is 0 Å². The third-order valence-corrected chi connectivity index (χ3v) is 5.75. The molecule has 4 aromatic carbocycles. The molecular weight excluding hydrogens is 308 g/mol. The van der Waals surface area contributed by atoms with Gasteiger partial charge in [0.25, 0.3) is 0 Å². The maximum absolute atomic E-state index is 6.25. The van der Waals surface area contributed by atoms with Crippen molar-refractivity contribution in [1.29, 1.82) is 0 Å². The van der Waals surface area contributed by atoms with Crippen LogP contribution < -0.4 is 0 Å². The predicted octanol–water partition coefficient (Wildman–Crippen LogP) is 7.01. The molecule has 0 nitrogen and oxygen atoms in total. The van der Waals surface area contributed by atoms with Crippen LogP contribution in [0.15, 0.2) is 66.7 Å². The molecule has 104 valence electrons. The molecule has 0 aliphatic carbocycles. The zero-order valence-corrected chi connectivity index (χ0v) is 13.2. The molecule has 0 unspecified atom stereocenters. The standard InChI is InChI=1S/C20H11ClS/c21-12-9-10-18-17(11-12)19-15-7-3-1-5-13(15)14-6-2-4-8-16(14)20(19)22-18/h1-11H. The van der Waals surface area contributed by atoms with Crippen molar-refractivity contribution < 1.29 is 0 Å². The van der Waals surface area contributed by atoms with E-state index >= 15 is 0 Å². The third-order valence-electron chi connectivity index (χ3n) is 4.31. The second-order valence-corrected chi connectivity index (χ2v) is 7.03. The Labute approximate surface area is 136 Å². The summed E-state index contributed by atoms with van der Waals surface area (Å²) in [6.07, 6.45) is 0. The SMILES string of the molecule is Clc1ccc2sc3c4ccccc4c4ccccc4c3c2c1.